The summed E-state index contributed by atoms with van der Waals surface area (Å²) < 4.78 is 0. The highest BCUT2D eigenvalue weighted by atomic mass is 35.5. The first-order valence-corrected chi connectivity index (χ1v) is 5.14. The number of halogens is 1. The third-order valence-electron chi connectivity index (χ3n) is 2.03. The number of nitrogens with two attached hydrogens (primary N) is 2. The molecule has 0 saturated heterocycles. The van der Waals surface area contributed by atoms with Crippen LogP contribution in [-0.2, 0) is 0 Å². The molecule has 0 amide bonds. The number of guanidine groups is 1. The summed E-state index contributed by atoms with van der Waals surface area (Å²) in [5.74, 6) is -0.717. The van der Waals surface area contributed by atoms with E-state index in [2.05, 4.69) is 5.10 Å². The third-order valence-corrected chi connectivity index (χ3v) is 2.36. The summed E-state index contributed by atoms with van der Waals surface area (Å²) in [6, 6.07) is 1.94. The summed E-state index contributed by atoms with van der Waals surface area (Å²) in [7, 11) is 0. The normalized spacial score (nSPS) is 10.4. The van der Waals surface area contributed by atoms with Crippen molar-refractivity contribution in [2.24, 2.45) is 16.6 Å². The first-order chi connectivity index (χ1) is 9.25. The molecule has 0 spiro atoms. The van der Waals surface area contributed by atoms with Crippen LogP contribution in [0.2, 0.25) is 5.02 Å². The number of nitro benzene ring substituents is 2. The van der Waals surface area contributed by atoms with Crippen LogP contribution in [0.15, 0.2) is 17.2 Å². The number of hydrogen-bond acceptors (Lipinski definition) is 6. The highest BCUT2D eigenvalue weighted by molar-refractivity contribution is 6.33. The van der Waals surface area contributed by atoms with Crippen LogP contribution in [0.25, 0.3) is 0 Å². The van der Waals surface area contributed by atoms with Crippen LogP contribution >= 0.6 is 11.6 Å². The molecule has 1 aromatic rings. The molecule has 0 aliphatic rings. The molecule has 4 N–H and O–H groups in total. The van der Waals surface area contributed by atoms with Gasteiger partial charge in [0, 0.05) is 6.07 Å². The summed E-state index contributed by atoms with van der Waals surface area (Å²) in [4.78, 5) is 19.5. The number of rotatable bonds is 4. The van der Waals surface area contributed by atoms with Gasteiger partial charge in [-0.2, -0.15) is 0 Å². The van der Waals surface area contributed by atoms with Gasteiger partial charge in [-0.3, -0.25) is 31.7 Å². The molecule has 12 heteroatoms. The quantitative estimate of drug-likeness (QED) is 0.200. The van der Waals surface area contributed by atoms with Crippen LogP contribution in [0.1, 0.15) is 5.56 Å². The van der Waals surface area contributed by atoms with E-state index < -0.39 is 32.7 Å². The third kappa shape index (κ3) is 3.08. The average molecular weight is 303 g/mol. The van der Waals surface area contributed by atoms with Crippen LogP contribution in [0.5, 0.6) is 0 Å². The number of hydrogen-bond donors (Lipinski definition) is 2. The maximum Gasteiger partial charge on any atom is 0.366 e. The molecule has 11 nitrogen and oxygen atoms in total. The minimum absolute atomic E-state index is 0.199. The van der Waals surface area contributed by atoms with Gasteiger partial charge in [0.1, 0.15) is 0 Å². The monoisotopic (exact) mass is 302 g/mol. The van der Waals surface area contributed by atoms with E-state index >= 15 is 0 Å². The molecule has 0 radical (unpaired) electrons. The van der Waals surface area contributed by atoms with Gasteiger partial charge in [-0.05, 0) is 6.07 Å². The SMILES string of the molecule is NC(N)=[N+]([O-])/N=C/c1c(Cl)ccc([N+](=O)[O-])c1[N+](=O)[O-]. The van der Waals surface area contributed by atoms with Crippen LogP contribution in [0.4, 0.5) is 11.4 Å². The average Bonchev–Trinajstić information content (AvgIpc) is 2.35. The molecule has 1 aromatic carbocycles. The first-order valence-electron chi connectivity index (χ1n) is 4.76. The Hall–Kier alpha value is -2.95. The van der Waals surface area contributed by atoms with Gasteiger partial charge >= 0.3 is 17.3 Å². The molecule has 0 heterocycles. The second-order valence-corrected chi connectivity index (χ2v) is 3.69. The van der Waals surface area contributed by atoms with E-state index in [0.29, 0.717) is 6.21 Å². The zero-order valence-electron chi connectivity index (χ0n) is 9.59. The molecule has 1 rings (SSSR count). The van der Waals surface area contributed by atoms with E-state index in [9.17, 15) is 25.4 Å². The summed E-state index contributed by atoms with van der Waals surface area (Å²) in [6.45, 7) is 0. The molecule has 0 aliphatic carbocycles. The molecule has 20 heavy (non-hydrogen) atoms. The van der Waals surface area contributed by atoms with E-state index in [4.69, 9.17) is 23.1 Å². The number of hydrazone groups is 1. The lowest BCUT2D eigenvalue weighted by Gasteiger charge is -2.04. The summed E-state index contributed by atoms with van der Waals surface area (Å²) in [5.41, 5.74) is 7.77. The van der Waals surface area contributed by atoms with Crippen LogP contribution in [0.3, 0.4) is 0 Å². The van der Waals surface area contributed by atoms with E-state index in [1.54, 1.807) is 0 Å². The second-order valence-electron chi connectivity index (χ2n) is 3.29. The molecule has 0 aliphatic heterocycles. The van der Waals surface area contributed by atoms with Crippen LogP contribution in [0, 0.1) is 25.4 Å². The Bertz CT molecular complexity index is 638. The zero-order chi connectivity index (χ0) is 15.4. The van der Waals surface area contributed by atoms with Crippen molar-refractivity contribution < 1.29 is 14.7 Å². The minimum atomic E-state index is -1.00. The summed E-state index contributed by atoms with van der Waals surface area (Å²) >= 11 is 5.71. The second kappa shape index (κ2) is 5.79. The minimum Gasteiger partial charge on any atom is -0.722 e. The smallest absolute Gasteiger partial charge is 0.366 e. The predicted molar refractivity (Wildman–Crippen MR) is 69.4 cm³/mol. The predicted octanol–water partition coefficient (Wildman–Crippen LogP) is 0.274. The van der Waals surface area contributed by atoms with Gasteiger partial charge in [0.05, 0.1) is 26.6 Å². The van der Waals surface area contributed by atoms with Gasteiger partial charge in [-0.15, -0.1) is 9.95 Å². The van der Waals surface area contributed by atoms with E-state index in [-0.39, 0.29) is 9.87 Å². The van der Waals surface area contributed by atoms with Crippen molar-refractivity contribution >= 4 is 35.1 Å². The fraction of sp³-hybridized carbons (Fsp3) is 0. The van der Waals surface area contributed by atoms with Crippen molar-refractivity contribution in [3.05, 3.63) is 48.2 Å². The van der Waals surface area contributed by atoms with Gasteiger partial charge in [0.15, 0.2) is 0 Å². The Morgan fingerprint density at radius 2 is 1.80 bits per heavy atom. The van der Waals surface area contributed by atoms with Crippen LogP contribution < -0.4 is 11.5 Å². The lowest BCUT2D eigenvalue weighted by atomic mass is 10.1. The maximum atomic E-state index is 11.0. The molecule has 0 atom stereocenters. The maximum absolute atomic E-state index is 11.0. The Balaban J connectivity index is 3.53. The van der Waals surface area contributed by atoms with Gasteiger partial charge in [0.2, 0.25) is 0 Å². The number of nitrogens with zero attached hydrogens (tertiary/aromatic N) is 4. The van der Waals surface area contributed by atoms with Crippen LogP contribution in [-0.4, -0.2) is 26.9 Å². The van der Waals surface area contributed by atoms with E-state index in [1.165, 1.54) is 0 Å². The molecular weight excluding hydrogens is 296 g/mol. The Morgan fingerprint density at radius 3 is 2.25 bits per heavy atom. The molecule has 0 fully saturated rings. The first kappa shape index (κ1) is 15.1. The highest BCUT2D eigenvalue weighted by Crippen LogP contribution is 2.34. The van der Waals surface area contributed by atoms with Crippen molar-refractivity contribution in [3.8, 4) is 0 Å². The van der Waals surface area contributed by atoms with E-state index in [0.717, 1.165) is 12.1 Å². The van der Waals surface area contributed by atoms with Crippen molar-refractivity contribution in [2.45, 2.75) is 0 Å². The summed E-state index contributed by atoms with van der Waals surface area (Å²) in [6.07, 6.45) is 0.667. The molecule has 0 saturated carbocycles. The largest absolute Gasteiger partial charge is 0.722 e. The molecule has 0 unspecified atom stereocenters. The van der Waals surface area contributed by atoms with E-state index in [1.807, 2.05) is 0 Å². The topological polar surface area (TPSA) is 177 Å². The Morgan fingerprint density at radius 1 is 1.20 bits per heavy atom. The van der Waals surface area contributed by atoms with Gasteiger partial charge < -0.3 is 5.21 Å². The lowest BCUT2D eigenvalue weighted by Crippen LogP contribution is -2.30. The van der Waals surface area contributed by atoms with Gasteiger partial charge in [-0.25, -0.2) is 0 Å². The summed E-state index contributed by atoms with van der Waals surface area (Å²) in [5, 5.41) is 35.6. The lowest BCUT2D eigenvalue weighted by molar-refractivity contribution is -0.464. The van der Waals surface area contributed by atoms with Crippen molar-refractivity contribution in [1.82, 2.24) is 0 Å². The molecular formula is C8H7ClN6O5. The van der Waals surface area contributed by atoms with Gasteiger partial charge in [-0.1, -0.05) is 11.6 Å². The standard InChI is InChI=1S/C8H7ClN6O5/c9-5-1-2-6(14(17)18)7(15(19)20)4(5)3-12-13(16)8(10)11/h1-3H,10-11H2/b12-3+. The fourth-order valence-corrected chi connectivity index (χ4v) is 1.41. The Kier molecular flexibility index (Phi) is 4.38. The van der Waals surface area contributed by atoms with Crippen molar-refractivity contribution in [2.75, 3.05) is 0 Å². The fourth-order valence-electron chi connectivity index (χ4n) is 1.21. The van der Waals surface area contributed by atoms with Crippen molar-refractivity contribution in [1.29, 1.82) is 0 Å². The van der Waals surface area contributed by atoms with Gasteiger partial charge in [0.25, 0.3) is 0 Å². The molecule has 106 valence electrons. The highest BCUT2D eigenvalue weighted by Gasteiger charge is 2.29. The number of nitro groups is 2. The zero-order valence-corrected chi connectivity index (χ0v) is 10.4. The number of benzene rings is 1. The van der Waals surface area contributed by atoms with Crippen molar-refractivity contribution in [3.63, 3.8) is 0 Å². The molecule has 0 aromatic heterocycles. The molecule has 0 bridgehead atoms. The Labute approximate surface area is 115 Å².